The molecule has 0 saturated carbocycles. The van der Waals surface area contributed by atoms with E-state index in [1.165, 1.54) is 0 Å². The molecule has 0 saturated heterocycles. The zero-order valence-corrected chi connectivity index (χ0v) is 8.37. The van der Waals surface area contributed by atoms with Gasteiger partial charge in [0.05, 0.1) is 0 Å². The summed E-state index contributed by atoms with van der Waals surface area (Å²) in [4.78, 5) is 19.1. The van der Waals surface area contributed by atoms with Crippen LogP contribution in [0.4, 0.5) is 0 Å². The second kappa shape index (κ2) is 9.46. The number of thiocarbonyl (C=S) groups is 1. The number of aliphatic carboxylic acids is 2. The third kappa shape index (κ3) is 22.4. The Morgan fingerprint density at radius 1 is 1.36 bits per heavy atom. The molecule has 0 bridgehead atoms. The molecule has 0 aliphatic heterocycles. The molecule has 80 valence electrons. The highest BCUT2D eigenvalue weighted by molar-refractivity contribution is 7.80. The van der Waals surface area contributed by atoms with Crippen molar-refractivity contribution >= 4 is 29.3 Å². The number of rotatable bonds is 3. The van der Waals surface area contributed by atoms with Crippen LogP contribution in [0.5, 0.6) is 0 Å². The fraction of sp³-hybridized carbons (Fsp3) is 0.286. The van der Waals surface area contributed by atoms with Crippen LogP contribution in [0, 0.1) is 0 Å². The lowest BCUT2D eigenvalue weighted by molar-refractivity contribution is -0.134. The van der Waals surface area contributed by atoms with E-state index in [0.717, 1.165) is 6.54 Å². The standard InChI is InChI=1S/C4H4O4.C3H8N2S/c5-3(6)1-2-4(7)8;1-2-5-3(4)6/h1-2H,(H,5,6)(H,7,8);2H2,1H3,(H3,4,5,6)/b2-1-;. The maximum Gasteiger partial charge on any atom is 0.328 e. The molecule has 0 aliphatic rings. The number of carbonyl (C=O) groups is 2. The van der Waals surface area contributed by atoms with E-state index in [1.54, 1.807) is 0 Å². The summed E-state index contributed by atoms with van der Waals surface area (Å²) < 4.78 is 0. The highest BCUT2D eigenvalue weighted by atomic mass is 32.1. The Hall–Kier alpha value is -1.63. The topological polar surface area (TPSA) is 113 Å². The van der Waals surface area contributed by atoms with Gasteiger partial charge in [0.2, 0.25) is 0 Å². The molecule has 0 spiro atoms. The molecule has 7 heteroatoms. The Morgan fingerprint density at radius 2 is 1.71 bits per heavy atom. The van der Waals surface area contributed by atoms with Gasteiger partial charge in [0.1, 0.15) is 0 Å². The first-order valence-corrected chi connectivity index (χ1v) is 3.98. The van der Waals surface area contributed by atoms with Crippen molar-refractivity contribution in [1.29, 1.82) is 0 Å². The number of nitrogens with one attached hydrogen (secondary N) is 1. The van der Waals surface area contributed by atoms with Gasteiger partial charge in [-0.25, -0.2) is 9.59 Å². The summed E-state index contributed by atoms with van der Waals surface area (Å²) in [7, 11) is 0. The van der Waals surface area contributed by atoms with Gasteiger partial charge in [-0.15, -0.1) is 0 Å². The van der Waals surface area contributed by atoms with E-state index < -0.39 is 11.9 Å². The van der Waals surface area contributed by atoms with Crippen LogP contribution in [0.3, 0.4) is 0 Å². The molecular weight excluding hydrogens is 208 g/mol. The minimum absolute atomic E-state index is 0.373. The van der Waals surface area contributed by atoms with E-state index >= 15 is 0 Å². The van der Waals surface area contributed by atoms with Gasteiger partial charge < -0.3 is 21.3 Å². The van der Waals surface area contributed by atoms with Crippen molar-refractivity contribution in [2.75, 3.05) is 6.54 Å². The van der Waals surface area contributed by atoms with Crippen LogP contribution in [0.2, 0.25) is 0 Å². The molecular formula is C7H12N2O4S. The van der Waals surface area contributed by atoms with E-state index in [0.29, 0.717) is 17.3 Å². The molecule has 0 heterocycles. The summed E-state index contributed by atoms with van der Waals surface area (Å²) >= 11 is 4.46. The van der Waals surface area contributed by atoms with Gasteiger partial charge in [-0.05, 0) is 19.1 Å². The third-order valence-corrected chi connectivity index (χ3v) is 0.864. The van der Waals surface area contributed by atoms with Crippen LogP contribution >= 0.6 is 12.2 Å². The highest BCUT2D eigenvalue weighted by Crippen LogP contribution is 1.70. The molecule has 0 amide bonds. The smallest absolute Gasteiger partial charge is 0.328 e. The predicted octanol–water partition coefficient (Wildman–Crippen LogP) is -0.449. The molecule has 14 heavy (non-hydrogen) atoms. The summed E-state index contributed by atoms with van der Waals surface area (Å²) in [5.74, 6) is -2.51. The second-order valence-corrected chi connectivity index (χ2v) is 2.34. The monoisotopic (exact) mass is 220 g/mol. The molecule has 0 atom stereocenters. The summed E-state index contributed by atoms with van der Waals surface area (Å²) in [6, 6.07) is 0. The number of carboxylic acids is 2. The number of nitrogens with two attached hydrogens (primary N) is 1. The van der Waals surface area contributed by atoms with E-state index in [4.69, 9.17) is 15.9 Å². The zero-order chi connectivity index (χ0) is 11.6. The van der Waals surface area contributed by atoms with Gasteiger partial charge in [-0.1, -0.05) is 0 Å². The number of hydrogen-bond donors (Lipinski definition) is 4. The van der Waals surface area contributed by atoms with Crippen molar-refractivity contribution in [2.45, 2.75) is 6.92 Å². The van der Waals surface area contributed by atoms with Gasteiger partial charge in [-0.3, -0.25) is 0 Å². The Labute approximate surface area is 86.4 Å². The molecule has 0 aromatic rings. The summed E-state index contributed by atoms with van der Waals surface area (Å²) in [6.07, 6.45) is 1.12. The van der Waals surface area contributed by atoms with Crippen LogP contribution < -0.4 is 11.1 Å². The minimum Gasteiger partial charge on any atom is -0.478 e. The van der Waals surface area contributed by atoms with Crippen LogP contribution in [0.25, 0.3) is 0 Å². The molecule has 0 aliphatic carbocycles. The van der Waals surface area contributed by atoms with E-state index in [1.807, 2.05) is 6.92 Å². The summed E-state index contributed by atoms with van der Waals surface area (Å²) in [6.45, 7) is 2.76. The Balaban J connectivity index is 0. The van der Waals surface area contributed by atoms with E-state index in [-0.39, 0.29) is 0 Å². The minimum atomic E-state index is -1.26. The first-order valence-electron chi connectivity index (χ1n) is 3.57. The van der Waals surface area contributed by atoms with Crippen LogP contribution in [0.1, 0.15) is 6.92 Å². The number of hydrogen-bond acceptors (Lipinski definition) is 3. The highest BCUT2D eigenvalue weighted by Gasteiger charge is 1.88. The van der Waals surface area contributed by atoms with Crippen molar-refractivity contribution in [3.05, 3.63) is 12.2 Å². The van der Waals surface area contributed by atoms with Crippen molar-refractivity contribution in [1.82, 2.24) is 5.32 Å². The molecule has 0 aromatic carbocycles. The average Bonchev–Trinajstić information content (AvgIpc) is 2.01. The molecule has 0 rings (SSSR count). The summed E-state index contributed by atoms with van der Waals surface area (Å²) in [5, 5.41) is 18.7. The molecule has 0 unspecified atom stereocenters. The second-order valence-electron chi connectivity index (χ2n) is 1.90. The van der Waals surface area contributed by atoms with E-state index in [9.17, 15) is 9.59 Å². The van der Waals surface area contributed by atoms with Crippen molar-refractivity contribution in [3.8, 4) is 0 Å². The van der Waals surface area contributed by atoms with Gasteiger partial charge in [-0.2, -0.15) is 0 Å². The first-order chi connectivity index (χ1) is 6.40. The SMILES string of the molecule is CCNC(N)=S.O=C(O)/C=C\C(=O)O. The van der Waals surface area contributed by atoms with Crippen molar-refractivity contribution in [2.24, 2.45) is 5.73 Å². The maximum absolute atomic E-state index is 9.55. The van der Waals surface area contributed by atoms with Gasteiger partial charge >= 0.3 is 11.9 Å². The summed E-state index contributed by atoms with van der Waals surface area (Å²) in [5.41, 5.74) is 5.02. The first kappa shape index (κ1) is 14.9. The zero-order valence-electron chi connectivity index (χ0n) is 7.56. The lowest BCUT2D eigenvalue weighted by Crippen LogP contribution is -2.28. The Bertz CT molecular complexity index is 224. The maximum atomic E-state index is 9.55. The normalized spacial score (nSPS) is 8.64. The van der Waals surface area contributed by atoms with Gasteiger partial charge in [0, 0.05) is 18.7 Å². The van der Waals surface area contributed by atoms with Crippen LogP contribution in [-0.4, -0.2) is 33.8 Å². The molecule has 6 nitrogen and oxygen atoms in total. The molecule has 5 N–H and O–H groups in total. The third-order valence-electron chi connectivity index (χ3n) is 0.719. The molecule has 0 radical (unpaired) electrons. The van der Waals surface area contributed by atoms with E-state index in [2.05, 4.69) is 17.5 Å². The van der Waals surface area contributed by atoms with Gasteiger partial charge in [0.15, 0.2) is 5.11 Å². The fourth-order valence-corrected chi connectivity index (χ4v) is 0.461. The predicted molar refractivity (Wildman–Crippen MR) is 54.9 cm³/mol. The fourth-order valence-electron chi connectivity index (χ4n) is 0.317. The number of carboxylic acid groups (broad SMARTS) is 2. The van der Waals surface area contributed by atoms with Crippen LogP contribution in [0.15, 0.2) is 12.2 Å². The Kier molecular flexibility index (Phi) is 10.0. The molecule has 0 fully saturated rings. The Morgan fingerprint density at radius 3 is 1.79 bits per heavy atom. The largest absolute Gasteiger partial charge is 0.478 e. The average molecular weight is 220 g/mol. The lowest BCUT2D eigenvalue weighted by Gasteiger charge is -1.92. The van der Waals surface area contributed by atoms with Crippen molar-refractivity contribution < 1.29 is 19.8 Å². The van der Waals surface area contributed by atoms with Crippen molar-refractivity contribution in [3.63, 3.8) is 0 Å². The lowest BCUT2D eigenvalue weighted by atomic mass is 10.5. The van der Waals surface area contributed by atoms with Crippen LogP contribution in [-0.2, 0) is 9.59 Å². The molecule has 0 aromatic heterocycles. The quantitative estimate of drug-likeness (QED) is 0.376. The van der Waals surface area contributed by atoms with Gasteiger partial charge in [0.25, 0.3) is 0 Å².